The number of carboxylic acid groups (broad SMARTS) is 1. The number of aliphatic carboxylic acids is 1. The minimum absolute atomic E-state index is 0.0803. The molecule has 0 fully saturated rings. The Balaban J connectivity index is 2.12. The van der Waals surface area contributed by atoms with E-state index in [1.165, 1.54) is 0 Å². The minimum Gasteiger partial charge on any atom is -0.493 e. The van der Waals surface area contributed by atoms with E-state index in [1.54, 1.807) is 0 Å². The van der Waals surface area contributed by atoms with E-state index in [9.17, 15) is 14.4 Å². The van der Waals surface area contributed by atoms with Crippen molar-refractivity contribution in [1.82, 2.24) is 16.0 Å². The summed E-state index contributed by atoms with van der Waals surface area (Å²) in [6, 6.07) is 11.7. The summed E-state index contributed by atoms with van der Waals surface area (Å²) in [5.41, 5.74) is 4.85. The van der Waals surface area contributed by atoms with E-state index >= 15 is 0 Å². The summed E-state index contributed by atoms with van der Waals surface area (Å²) in [6.07, 6.45) is 17.2. The van der Waals surface area contributed by atoms with Crippen molar-refractivity contribution < 1.29 is 47.9 Å². The van der Waals surface area contributed by atoms with E-state index in [0.29, 0.717) is 99.2 Å². The topological polar surface area (TPSA) is 163 Å². The average Bonchev–Trinajstić information content (AvgIpc) is 3.42. The van der Waals surface area contributed by atoms with Gasteiger partial charge in [0.25, 0.3) is 5.91 Å². The van der Waals surface area contributed by atoms with Gasteiger partial charge >= 0.3 is 12.0 Å². The van der Waals surface area contributed by atoms with E-state index in [-0.39, 0.29) is 36.7 Å². The van der Waals surface area contributed by atoms with Crippen molar-refractivity contribution in [2.45, 2.75) is 161 Å². The van der Waals surface area contributed by atoms with Crippen molar-refractivity contribution in [3.8, 4) is 34.5 Å². The van der Waals surface area contributed by atoms with Gasteiger partial charge in [0.2, 0.25) is 0 Å². The molecule has 3 aromatic carbocycles. The largest absolute Gasteiger partial charge is 0.493 e. The highest BCUT2D eigenvalue weighted by molar-refractivity contribution is 5.98. The van der Waals surface area contributed by atoms with E-state index in [2.05, 4.69) is 142 Å². The molecule has 3 rings (SSSR count). The Bertz CT molecular complexity index is 2290. The number of aryl methyl sites for hydroxylation is 1. The predicted octanol–water partition coefficient (Wildman–Crippen LogP) is 14.9. The number of ether oxygens (including phenoxy) is 6. The fraction of sp³-hybridized carbons (Fsp3) is 0.609. The Labute approximate surface area is 464 Å². The number of urea groups is 1. The number of benzene rings is 3. The number of unbranched alkanes of at least 4 members (excludes halogenated alkanes) is 3. The van der Waals surface area contributed by atoms with Crippen LogP contribution in [0.5, 0.6) is 34.5 Å². The van der Waals surface area contributed by atoms with Crippen molar-refractivity contribution in [3.05, 3.63) is 69.8 Å². The lowest BCUT2D eigenvalue weighted by molar-refractivity contribution is -0.136. The van der Waals surface area contributed by atoms with E-state index in [0.717, 1.165) is 109 Å². The molecule has 0 aliphatic rings. The van der Waals surface area contributed by atoms with Crippen LogP contribution in [-0.4, -0.2) is 82.3 Å². The van der Waals surface area contributed by atoms with E-state index in [4.69, 9.17) is 33.5 Å². The molecule has 3 aromatic rings. The highest BCUT2D eigenvalue weighted by atomic mass is 16.5. The molecule has 0 heterocycles. The highest BCUT2D eigenvalue weighted by Crippen LogP contribution is 2.37. The Morgan fingerprint density at radius 1 is 0.429 bits per heavy atom. The number of rotatable bonds is 39. The number of carboxylic acids is 1. The maximum absolute atomic E-state index is 14.1. The molecule has 0 aromatic heterocycles. The fourth-order valence-corrected chi connectivity index (χ4v) is 7.22. The van der Waals surface area contributed by atoms with Crippen LogP contribution in [0.2, 0.25) is 0 Å². The van der Waals surface area contributed by atoms with Gasteiger partial charge in [-0.1, -0.05) is 159 Å². The van der Waals surface area contributed by atoms with Gasteiger partial charge in [-0.25, -0.2) is 4.79 Å². The number of carbonyl (C=O) groups excluding carboxylic acids is 2. The molecule has 13 nitrogen and oxygen atoms in total. The maximum Gasteiger partial charge on any atom is 0.314 e. The first-order chi connectivity index (χ1) is 36.9. The summed E-state index contributed by atoms with van der Waals surface area (Å²) in [6.45, 7) is 32.4. The first-order valence-electron chi connectivity index (χ1n) is 29.1. The summed E-state index contributed by atoms with van der Waals surface area (Å²) in [7, 11) is 0. The van der Waals surface area contributed by atoms with Gasteiger partial charge < -0.3 is 49.5 Å². The van der Waals surface area contributed by atoms with Gasteiger partial charge in [0.05, 0.1) is 51.6 Å². The molecule has 430 valence electrons. The zero-order valence-corrected chi connectivity index (χ0v) is 49.5. The van der Waals surface area contributed by atoms with Crippen LogP contribution in [-0.2, 0) is 4.79 Å². The zero-order valence-electron chi connectivity index (χ0n) is 49.5. The first-order valence-corrected chi connectivity index (χ1v) is 29.1. The van der Waals surface area contributed by atoms with Gasteiger partial charge in [0.15, 0.2) is 0 Å². The van der Waals surface area contributed by atoms with E-state index in [1.807, 2.05) is 24.3 Å². The molecule has 3 amide bonds. The van der Waals surface area contributed by atoms with Gasteiger partial charge in [0.1, 0.15) is 34.5 Å². The van der Waals surface area contributed by atoms with Crippen molar-refractivity contribution in [1.29, 1.82) is 0 Å². The number of hydrogen-bond donors (Lipinski definition) is 4. The van der Waals surface area contributed by atoms with Crippen molar-refractivity contribution in [3.63, 3.8) is 0 Å². The molecule has 13 heteroatoms. The molecule has 0 saturated heterocycles. The summed E-state index contributed by atoms with van der Waals surface area (Å²) < 4.78 is 39.4. The average molecular weight is 1070 g/mol. The molecule has 6 atom stereocenters. The molecule has 0 saturated carbocycles. The van der Waals surface area contributed by atoms with Gasteiger partial charge in [-0.2, -0.15) is 0 Å². The predicted molar refractivity (Wildman–Crippen MR) is 316 cm³/mol. The van der Waals surface area contributed by atoms with Crippen LogP contribution in [0.25, 0.3) is 24.3 Å². The third-order valence-electron chi connectivity index (χ3n) is 14.3. The van der Waals surface area contributed by atoms with Crippen molar-refractivity contribution >= 4 is 42.2 Å². The summed E-state index contributed by atoms with van der Waals surface area (Å²) >= 11 is 0. The van der Waals surface area contributed by atoms with Crippen LogP contribution >= 0.6 is 0 Å². The molecular formula is C64H99N3O10. The van der Waals surface area contributed by atoms with Crippen LogP contribution in [0.4, 0.5) is 4.79 Å². The van der Waals surface area contributed by atoms with Crippen LogP contribution in [0.15, 0.2) is 36.4 Å². The fourth-order valence-electron chi connectivity index (χ4n) is 7.22. The standard InChI is InChI=1S/C64H99N3O10/c1-14-44(7)38-72-56-33-51(57(32-50(56)13)73-39-45(8)15-2)24-25-52-34-59(75-41-47(10)17-4)53(35-58(52)74-40-46(9)16-3)26-27-54-36-61(77-43-49(12)19-6)55(37-60(54)76-42-48(11)18-5)63(70)65-29-22-20-21-23-30-66-64(71)67-31-28-62(68)69/h24-27,32-37,44-49H,14-23,28-31,38-43H2,1-13H3,(H,65,70)(H,68,69)(H2,66,67,71)/b25-24+,27-26+/t44-,45-,46-,47-,48-,49-/m0/s1. The van der Waals surface area contributed by atoms with Crippen LogP contribution in [0, 0.1) is 42.4 Å². The molecule has 4 N–H and O–H groups in total. The summed E-state index contributed by atoms with van der Waals surface area (Å²) in [4.78, 5) is 36.7. The normalized spacial score (nSPS) is 13.8. The Morgan fingerprint density at radius 3 is 1.13 bits per heavy atom. The quantitative estimate of drug-likeness (QED) is 0.0319. The first kappa shape index (κ1) is 65.4. The molecule has 0 spiro atoms. The molecule has 0 aliphatic heterocycles. The second-order valence-electron chi connectivity index (χ2n) is 21.6. The molecule has 0 aliphatic carbocycles. The smallest absolute Gasteiger partial charge is 0.314 e. The summed E-state index contributed by atoms with van der Waals surface area (Å²) in [5.74, 6) is 5.00. The molecule has 0 radical (unpaired) electrons. The number of hydrogen-bond acceptors (Lipinski definition) is 9. The lowest BCUT2D eigenvalue weighted by Gasteiger charge is -2.20. The maximum atomic E-state index is 14.1. The molecule has 0 unspecified atom stereocenters. The SMILES string of the molecule is CC[C@H](C)COc1cc(/C=C/c2cc(OC[C@@H](C)CC)c(/C=C/c3cc(OC[C@@H](C)CC)c(C(=O)NCCCCCCNC(=O)NCCC(=O)O)cc3OC[C@@H](C)CC)cc2OC[C@@H](C)CC)c(OC[C@@H](C)CC)cc1C. The molecule has 77 heavy (non-hydrogen) atoms. The third-order valence-corrected chi connectivity index (χ3v) is 14.3. The van der Waals surface area contributed by atoms with Crippen molar-refractivity contribution in [2.24, 2.45) is 35.5 Å². The summed E-state index contributed by atoms with van der Waals surface area (Å²) in [5, 5.41) is 17.2. The Hall–Kier alpha value is -5.85. The number of carbonyl (C=O) groups is 3. The second-order valence-corrected chi connectivity index (χ2v) is 21.6. The highest BCUT2D eigenvalue weighted by Gasteiger charge is 2.20. The second kappa shape index (κ2) is 36.3. The van der Waals surface area contributed by atoms with Gasteiger partial charge in [-0.15, -0.1) is 0 Å². The van der Waals surface area contributed by atoms with Gasteiger partial charge in [-0.05, 0) is 97.2 Å². The van der Waals surface area contributed by atoms with Crippen molar-refractivity contribution in [2.75, 3.05) is 59.3 Å². The Morgan fingerprint density at radius 2 is 0.740 bits per heavy atom. The molecule has 0 bridgehead atoms. The van der Waals surface area contributed by atoms with Gasteiger partial charge in [0, 0.05) is 41.9 Å². The minimum atomic E-state index is -0.959. The van der Waals surface area contributed by atoms with Crippen LogP contribution < -0.4 is 44.4 Å². The van der Waals surface area contributed by atoms with Gasteiger partial charge in [-0.3, -0.25) is 9.59 Å². The third kappa shape index (κ3) is 24.6. The number of amides is 3. The lowest BCUT2D eigenvalue weighted by Crippen LogP contribution is -2.37. The van der Waals surface area contributed by atoms with E-state index < -0.39 is 5.97 Å². The zero-order chi connectivity index (χ0) is 56.7. The van der Waals surface area contributed by atoms with Crippen LogP contribution in [0.1, 0.15) is 192 Å². The van der Waals surface area contributed by atoms with Crippen LogP contribution in [0.3, 0.4) is 0 Å². The Kier molecular flexibility index (Phi) is 30.8. The lowest BCUT2D eigenvalue weighted by atomic mass is 10.0. The number of nitrogens with one attached hydrogen (secondary N) is 3. The monoisotopic (exact) mass is 1070 g/mol. The molecular weight excluding hydrogens is 971 g/mol.